The summed E-state index contributed by atoms with van der Waals surface area (Å²) in [6.45, 7) is 2.66. The normalized spacial score (nSPS) is 40.0. The fourth-order valence-corrected chi connectivity index (χ4v) is 2.80. The van der Waals surface area contributed by atoms with E-state index in [1.54, 1.807) is 25.7 Å². The van der Waals surface area contributed by atoms with Gasteiger partial charge in [0, 0.05) is 13.1 Å². The highest BCUT2D eigenvalue weighted by molar-refractivity contribution is 5.15. The Balaban J connectivity index is 1.75. The summed E-state index contributed by atoms with van der Waals surface area (Å²) in [5, 5.41) is 3.37. The van der Waals surface area contributed by atoms with Crippen molar-refractivity contribution in [3.8, 4) is 0 Å². The van der Waals surface area contributed by atoms with E-state index in [-0.39, 0.29) is 0 Å². The van der Waals surface area contributed by atoms with Crippen LogP contribution in [0.3, 0.4) is 0 Å². The second-order valence-corrected chi connectivity index (χ2v) is 4.46. The van der Waals surface area contributed by atoms with Crippen molar-refractivity contribution in [3.05, 3.63) is 0 Å². The third kappa shape index (κ3) is 0.454. The molecule has 0 radical (unpaired) electrons. The van der Waals surface area contributed by atoms with Crippen molar-refractivity contribution in [2.75, 3.05) is 13.1 Å². The smallest absolute Gasteiger partial charge is 0.00206 e. The van der Waals surface area contributed by atoms with Gasteiger partial charge in [-0.1, -0.05) is 0 Å². The van der Waals surface area contributed by atoms with E-state index in [2.05, 4.69) is 5.32 Å². The van der Waals surface area contributed by atoms with Crippen molar-refractivity contribution in [1.29, 1.82) is 0 Å². The van der Waals surface area contributed by atoms with Gasteiger partial charge in [0.25, 0.3) is 0 Å². The topological polar surface area (TPSA) is 12.0 Å². The highest BCUT2D eigenvalue weighted by atomic mass is 15.0. The van der Waals surface area contributed by atoms with E-state index in [1.165, 1.54) is 13.1 Å². The number of nitrogens with one attached hydrogen (secondary N) is 1. The molecule has 1 saturated heterocycles. The van der Waals surface area contributed by atoms with Crippen molar-refractivity contribution in [1.82, 2.24) is 5.32 Å². The molecular weight excluding hydrogens is 110 g/mol. The van der Waals surface area contributed by atoms with Gasteiger partial charge in [0.05, 0.1) is 0 Å². The summed E-state index contributed by atoms with van der Waals surface area (Å²) < 4.78 is 0. The van der Waals surface area contributed by atoms with E-state index in [1.807, 2.05) is 0 Å². The maximum atomic E-state index is 3.37. The lowest BCUT2D eigenvalue weighted by Crippen LogP contribution is -2.60. The van der Waals surface area contributed by atoms with Gasteiger partial charge in [-0.2, -0.15) is 0 Å². The molecule has 0 bridgehead atoms. The Labute approximate surface area is 55.8 Å². The number of rotatable bonds is 0. The third-order valence-electron chi connectivity index (χ3n) is 3.46. The molecule has 1 aliphatic heterocycles. The molecule has 1 heterocycles. The van der Waals surface area contributed by atoms with Crippen molar-refractivity contribution in [3.63, 3.8) is 0 Å². The highest BCUT2D eigenvalue weighted by Gasteiger charge is 2.62. The largest absolute Gasteiger partial charge is 0.316 e. The van der Waals surface area contributed by atoms with Crippen LogP contribution in [-0.2, 0) is 0 Å². The van der Waals surface area contributed by atoms with Crippen LogP contribution in [0.15, 0.2) is 0 Å². The fraction of sp³-hybridized carbons (Fsp3) is 1.00. The maximum Gasteiger partial charge on any atom is 0.00206 e. The Bertz CT molecular complexity index is 144. The predicted molar refractivity (Wildman–Crippen MR) is 36.2 cm³/mol. The van der Waals surface area contributed by atoms with Crippen molar-refractivity contribution < 1.29 is 0 Å². The first-order valence-corrected chi connectivity index (χ1v) is 4.04. The Morgan fingerprint density at radius 1 is 0.889 bits per heavy atom. The minimum absolute atomic E-state index is 0.830. The van der Waals surface area contributed by atoms with Crippen LogP contribution in [0.5, 0.6) is 0 Å². The van der Waals surface area contributed by atoms with E-state index in [4.69, 9.17) is 0 Å². The van der Waals surface area contributed by atoms with E-state index < -0.39 is 0 Å². The van der Waals surface area contributed by atoms with Gasteiger partial charge < -0.3 is 5.32 Å². The van der Waals surface area contributed by atoms with Crippen LogP contribution in [-0.4, -0.2) is 13.1 Å². The van der Waals surface area contributed by atoms with Crippen LogP contribution in [0, 0.1) is 10.8 Å². The van der Waals surface area contributed by atoms with E-state index in [0.29, 0.717) is 0 Å². The third-order valence-corrected chi connectivity index (χ3v) is 3.46. The van der Waals surface area contributed by atoms with Crippen LogP contribution < -0.4 is 5.32 Å². The minimum atomic E-state index is 0.830. The zero-order valence-electron chi connectivity index (χ0n) is 5.74. The van der Waals surface area contributed by atoms with Crippen LogP contribution in [0.25, 0.3) is 0 Å². The molecule has 1 nitrogen and oxygen atoms in total. The molecular formula is C8H13N. The van der Waals surface area contributed by atoms with Gasteiger partial charge in [-0.25, -0.2) is 0 Å². The molecule has 1 heteroatoms. The molecule has 0 aromatic rings. The van der Waals surface area contributed by atoms with Gasteiger partial charge in [-0.15, -0.1) is 0 Å². The van der Waals surface area contributed by atoms with E-state index in [9.17, 15) is 0 Å². The summed E-state index contributed by atoms with van der Waals surface area (Å²) in [5.41, 5.74) is 1.75. The molecule has 0 atom stereocenters. The summed E-state index contributed by atoms with van der Waals surface area (Å²) >= 11 is 0. The van der Waals surface area contributed by atoms with Gasteiger partial charge in [0.15, 0.2) is 0 Å². The molecule has 9 heavy (non-hydrogen) atoms. The SMILES string of the molecule is C1CC12CC1(CNC1)C2. The Kier molecular flexibility index (Phi) is 0.563. The second kappa shape index (κ2) is 1.07. The molecule has 0 aromatic carbocycles. The van der Waals surface area contributed by atoms with Crippen LogP contribution in [0.2, 0.25) is 0 Å². The molecule has 50 valence electrons. The Morgan fingerprint density at radius 3 is 1.89 bits per heavy atom. The van der Waals surface area contributed by atoms with Crippen molar-refractivity contribution >= 4 is 0 Å². The predicted octanol–water partition coefficient (Wildman–Crippen LogP) is 1.15. The molecule has 0 aromatic heterocycles. The number of hydrogen-bond donors (Lipinski definition) is 1. The average molecular weight is 123 g/mol. The van der Waals surface area contributed by atoms with Gasteiger partial charge in [-0.3, -0.25) is 0 Å². The van der Waals surface area contributed by atoms with Gasteiger partial charge in [-0.05, 0) is 36.5 Å². The quantitative estimate of drug-likeness (QED) is 0.509. The molecule has 3 aliphatic rings. The molecule has 2 spiro atoms. The number of hydrogen-bond acceptors (Lipinski definition) is 1. The van der Waals surface area contributed by atoms with Crippen LogP contribution >= 0.6 is 0 Å². The lowest BCUT2D eigenvalue weighted by Gasteiger charge is -2.55. The summed E-state index contributed by atoms with van der Waals surface area (Å²) in [5.74, 6) is 0. The lowest BCUT2D eigenvalue weighted by atomic mass is 9.56. The summed E-state index contributed by atoms with van der Waals surface area (Å²) in [6.07, 6.45) is 6.23. The summed E-state index contributed by atoms with van der Waals surface area (Å²) in [6, 6.07) is 0. The lowest BCUT2D eigenvalue weighted by molar-refractivity contribution is -0.0153. The van der Waals surface area contributed by atoms with Gasteiger partial charge >= 0.3 is 0 Å². The maximum absolute atomic E-state index is 3.37. The molecule has 0 unspecified atom stereocenters. The zero-order valence-corrected chi connectivity index (χ0v) is 5.74. The summed E-state index contributed by atoms with van der Waals surface area (Å²) in [4.78, 5) is 0. The Morgan fingerprint density at radius 2 is 1.56 bits per heavy atom. The average Bonchev–Trinajstić information content (AvgIpc) is 2.32. The van der Waals surface area contributed by atoms with Crippen molar-refractivity contribution in [2.24, 2.45) is 10.8 Å². The van der Waals surface area contributed by atoms with Gasteiger partial charge in [0.2, 0.25) is 0 Å². The van der Waals surface area contributed by atoms with Gasteiger partial charge in [0.1, 0.15) is 0 Å². The first kappa shape index (κ1) is 4.73. The monoisotopic (exact) mass is 123 g/mol. The minimum Gasteiger partial charge on any atom is -0.316 e. The van der Waals surface area contributed by atoms with Crippen molar-refractivity contribution in [2.45, 2.75) is 25.7 Å². The second-order valence-electron chi connectivity index (χ2n) is 4.46. The van der Waals surface area contributed by atoms with E-state index >= 15 is 0 Å². The van der Waals surface area contributed by atoms with Crippen LogP contribution in [0.4, 0.5) is 0 Å². The molecule has 0 amide bonds. The molecule has 3 fully saturated rings. The van der Waals surface area contributed by atoms with E-state index in [0.717, 1.165) is 10.8 Å². The molecule has 1 N–H and O–H groups in total. The zero-order chi connectivity index (χ0) is 5.95. The first-order chi connectivity index (χ1) is 4.33. The molecule has 2 saturated carbocycles. The fourth-order valence-electron chi connectivity index (χ4n) is 2.80. The standard InChI is InChI=1S/C8H13N/c1-2-7(1)3-8(4-7)5-9-6-8/h9H,1-6H2. The summed E-state index contributed by atoms with van der Waals surface area (Å²) in [7, 11) is 0. The molecule has 3 rings (SSSR count). The highest BCUT2D eigenvalue weighted by Crippen LogP contribution is 2.69. The van der Waals surface area contributed by atoms with Crippen LogP contribution in [0.1, 0.15) is 25.7 Å². The first-order valence-electron chi connectivity index (χ1n) is 4.04. The Hall–Kier alpha value is -0.0400. The molecule has 2 aliphatic carbocycles.